The second-order valence-electron chi connectivity index (χ2n) is 5.79. The maximum absolute atomic E-state index is 4.21. The summed E-state index contributed by atoms with van der Waals surface area (Å²) in [5.41, 5.74) is 1.63. The summed E-state index contributed by atoms with van der Waals surface area (Å²) in [6.07, 6.45) is 15.8. The van der Waals surface area contributed by atoms with Gasteiger partial charge < -0.3 is 4.98 Å². The summed E-state index contributed by atoms with van der Waals surface area (Å²) in [5.74, 6) is 0. The molecule has 0 aliphatic rings. The third-order valence-electron chi connectivity index (χ3n) is 4.06. The number of aromatic nitrogens is 2. The number of imidazole rings is 1. The molecule has 0 aliphatic carbocycles. The highest BCUT2D eigenvalue weighted by Crippen LogP contribution is 2.33. The Kier molecular flexibility index (Phi) is 7.07. The molecule has 2 nitrogen and oxygen atoms in total. The molecule has 0 spiro atoms. The fourth-order valence-corrected chi connectivity index (χ4v) is 2.69. The maximum atomic E-state index is 4.21. The zero-order valence-corrected chi connectivity index (χ0v) is 12.5. The maximum Gasteiger partial charge on any atom is 0.0921 e. The quantitative estimate of drug-likeness (QED) is 0.567. The molecule has 0 fully saturated rings. The van der Waals surface area contributed by atoms with Crippen molar-refractivity contribution in [2.24, 2.45) is 0 Å². The van der Waals surface area contributed by atoms with Gasteiger partial charge in [-0.3, -0.25) is 0 Å². The van der Waals surface area contributed by atoms with E-state index in [-0.39, 0.29) is 0 Å². The van der Waals surface area contributed by atoms with E-state index in [0.29, 0.717) is 5.41 Å². The lowest BCUT2D eigenvalue weighted by molar-refractivity contribution is 0.358. The van der Waals surface area contributed by atoms with Gasteiger partial charge in [-0.05, 0) is 12.8 Å². The molecule has 0 amide bonds. The van der Waals surface area contributed by atoms with E-state index >= 15 is 0 Å². The van der Waals surface area contributed by atoms with Crippen LogP contribution >= 0.6 is 0 Å². The van der Waals surface area contributed by atoms with Crippen LogP contribution in [0.2, 0.25) is 0 Å². The Bertz CT molecular complexity index is 292. The Labute approximate surface area is 113 Å². The zero-order chi connectivity index (χ0) is 13.3. The van der Waals surface area contributed by atoms with Crippen LogP contribution in [-0.4, -0.2) is 9.97 Å². The Morgan fingerprint density at radius 1 is 1.00 bits per heavy atom. The Hall–Kier alpha value is -0.790. The summed E-state index contributed by atoms with van der Waals surface area (Å²) >= 11 is 0. The first kappa shape index (κ1) is 15.3. The third-order valence-corrected chi connectivity index (χ3v) is 4.06. The summed E-state index contributed by atoms with van der Waals surface area (Å²) in [6, 6.07) is 0. The van der Waals surface area contributed by atoms with Crippen LogP contribution in [0, 0.1) is 0 Å². The molecular weight excluding hydrogens is 220 g/mol. The number of aromatic amines is 1. The van der Waals surface area contributed by atoms with Gasteiger partial charge in [-0.15, -0.1) is 0 Å². The van der Waals surface area contributed by atoms with Gasteiger partial charge >= 0.3 is 0 Å². The number of nitrogens with one attached hydrogen (secondary N) is 1. The van der Waals surface area contributed by atoms with Gasteiger partial charge in [0, 0.05) is 17.3 Å². The molecule has 104 valence electrons. The summed E-state index contributed by atoms with van der Waals surface area (Å²) in [6.45, 7) is 6.95. The predicted octanol–water partition coefficient (Wildman–Crippen LogP) is 5.22. The van der Waals surface area contributed by atoms with E-state index in [0.717, 1.165) is 0 Å². The minimum atomic E-state index is 0.305. The molecule has 1 heterocycles. The summed E-state index contributed by atoms with van der Waals surface area (Å²) < 4.78 is 0. The van der Waals surface area contributed by atoms with Gasteiger partial charge in [0.25, 0.3) is 0 Å². The minimum Gasteiger partial charge on any atom is -0.348 e. The fraction of sp³-hybridized carbons (Fsp3) is 0.812. The van der Waals surface area contributed by atoms with E-state index in [2.05, 4.69) is 30.7 Å². The van der Waals surface area contributed by atoms with E-state index < -0.39 is 0 Å². The first-order valence-electron chi connectivity index (χ1n) is 7.72. The molecule has 1 aromatic rings. The molecule has 0 bridgehead atoms. The molecule has 0 radical (unpaired) electrons. The molecule has 1 N–H and O–H groups in total. The number of unbranched alkanes of at least 4 members (excludes halogenated alkanes) is 5. The van der Waals surface area contributed by atoms with Crippen molar-refractivity contribution in [2.75, 3.05) is 0 Å². The molecule has 2 heteroatoms. The largest absolute Gasteiger partial charge is 0.348 e. The highest BCUT2D eigenvalue weighted by atomic mass is 14.9. The average molecular weight is 250 g/mol. The Morgan fingerprint density at radius 2 is 1.61 bits per heavy atom. The SMILES string of the molecule is CCCCCCC(C)(CCCCC)c1cnc[nH]1. The van der Waals surface area contributed by atoms with E-state index in [1.807, 2.05) is 12.5 Å². The normalized spacial score (nSPS) is 14.6. The molecule has 0 saturated carbocycles. The average Bonchev–Trinajstić information content (AvgIpc) is 2.89. The van der Waals surface area contributed by atoms with Crippen LogP contribution in [0.25, 0.3) is 0 Å². The number of H-pyrrole nitrogens is 1. The highest BCUT2D eigenvalue weighted by molar-refractivity contribution is 5.11. The van der Waals surface area contributed by atoms with Crippen LogP contribution < -0.4 is 0 Å². The number of hydrogen-bond donors (Lipinski definition) is 1. The molecule has 1 rings (SSSR count). The Balaban J connectivity index is 2.51. The van der Waals surface area contributed by atoms with Crippen LogP contribution in [0.3, 0.4) is 0 Å². The number of rotatable bonds is 10. The van der Waals surface area contributed by atoms with Gasteiger partial charge in [0.15, 0.2) is 0 Å². The van der Waals surface area contributed by atoms with Gasteiger partial charge in [0.05, 0.1) is 6.33 Å². The van der Waals surface area contributed by atoms with E-state index in [4.69, 9.17) is 0 Å². The van der Waals surface area contributed by atoms with E-state index in [1.54, 1.807) is 0 Å². The molecule has 1 unspecified atom stereocenters. The Morgan fingerprint density at radius 3 is 2.17 bits per heavy atom. The van der Waals surface area contributed by atoms with Gasteiger partial charge in [0.1, 0.15) is 0 Å². The van der Waals surface area contributed by atoms with Crippen LogP contribution in [-0.2, 0) is 5.41 Å². The molecule has 1 aromatic heterocycles. The van der Waals surface area contributed by atoms with Gasteiger partial charge in [0.2, 0.25) is 0 Å². The second-order valence-corrected chi connectivity index (χ2v) is 5.79. The standard InChI is InChI=1S/C16H30N2/c1-4-6-8-10-12-16(3,11-9-7-5-2)15-13-17-14-18-15/h13-14H,4-12H2,1-3H3,(H,17,18). The van der Waals surface area contributed by atoms with Crippen molar-refractivity contribution in [3.05, 3.63) is 18.2 Å². The molecule has 18 heavy (non-hydrogen) atoms. The first-order chi connectivity index (χ1) is 8.73. The summed E-state index contributed by atoms with van der Waals surface area (Å²) in [5, 5.41) is 0. The predicted molar refractivity (Wildman–Crippen MR) is 78.8 cm³/mol. The topological polar surface area (TPSA) is 28.7 Å². The van der Waals surface area contributed by atoms with Crippen LogP contribution in [0.4, 0.5) is 0 Å². The third kappa shape index (κ3) is 4.83. The summed E-state index contributed by atoms with van der Waals surface area (Å²) in [7, 11) is 0. The summed E-state index contributed by atoms with van der Waals surface area (Å²) in [4.78, 5) is 7.54. The highest BCUT2D eigenvalue weighted by Gasteiger charge is 2.26. The lowest BCUT2D eigenvalue weighted by atomic mass is 9.77. The fourth-order valence-electron chi connectivity index (χ4n) is 2.69. The lowest BCUT2D eigenvalue weighted by Gasteiger charge is -2.28. The van der Waals surface area contributed by atoms with Crippen molar-refractivity contribution >= 4 is 0 Å². The van der Waals surface area contributed by atoms with Crippen molar-refractivity contribution in [2.45, 2.75) is 84.0 Å². The van der Waals surface area contributed by atoms with Crippen molar-refractivity contribution < 1.29 is 0 Å². The lowest BCUT2D eigenvalue weighted by Crippen LogP contribution is -2.22. The van der Waals surface area contributed by atoms with Gasteiger partial charge in [-0.1, -0.05) is 65.7 Å². The monoisotopic (exact) mass is 250 g/mol. The zero-order valence-electron chi connectivity index (χ0n) is 12.5. The second kappa shape index (κ2) is 8.34. The molecule has 0 aliphatic heterocycles. The van der Waals surface area contributed by atoms with Crippen LogP contribution in [0.5, 0.6) is 0 Å². The van der Waals surface area contributed by atoms with Crippen LogP contribution in [0.1, 0.15) is 84.3 Å². The van der Waals surface area contributed by atoms with Crippen molar-refractivity contribution in [3.63, 3.8) is 0 Å². The van der Waals surface area contributed by atoms with Crippen molar-refractivity contribution in [1.29, 1.82) is 0 Å². The van der Waals surface area contributed by atoms with E-state index in [9.17, 15) is 0 Å². The minimum absolute atomic E-state index is 0.305. The molecule has 0 aromatic carbocycles. The molecule has 1 atom stereocenters. The van der Waals surface area contributed by atoms with Crippen LogP contribution in [0.15, 0.2) is 12.5 Å². The molecular formula is C16H30N2. The number of nitrogens with zero attached hydrogens (tertiary/aromatic N) is 1. The number of hydrogen-bond acceptors (Lipinski definition) is 1. The molecule has 0 saturated heterocycles. The van der Waals surface area contributed by atoms with Gasteiger partial charge in [-0.2, -0.15) is 0 Å². The van der Waals surface area contributed by atoms with E-state index in [1.165, 1.54) is 63.5 Å². The van der Waals surface area contributed by atoms with Crippen molar-refractivity contribution in [3.8, 4) is 0 Å². The van der Waals surface area contributed by atoms with Crippen molar-refractivity contribution in [1.82, 2.24) is 9.97 Å². The first-order valence-corrected chi connectivity index (χ1v) is 7.72. The smallest absolute Gasteiger partial charge is 0.0921 e. The van der Waals surface area contributed by atoms with Gasteiger partial charge in [-0.25, -0.2) is 4.98 Å².